The Kier molecular flexibility index (Phi) is 6.00. The molecule has 1 saturated heterocycles. The van der Waals surface area contributed by atoms with Gasteiger partial charge in [-0.2, -0.15) is 0 Å². The van der Waals surface area contributed by atoms with Gasteiger partial charge in [0.15, 0.2) is 6.10 Å². The third kappa shape index (κ3) is 4.30. The van der Waals surface area contributed by atoms with Gasteiger partial charge in [0.05, 0.1) is 24.0 Å². The normalized spacial score (nSPS) is 26.2. The van der Waals surface area contributed by atoms with Gasteiger partial charge in [0, 0.05) is 18.0 Å². The van der Waals surface area contributed by atoms with Crippen molar-refractivity contribution in [1.82, 2.24) is 4.31 Å². The maximum absolute atomic E-state index is 13.2. The maximum atomic E-state index is 13.2. The predicted molar refractivity (Wildman–Crippen MR) is 103 cm³/mol. The van der Waals surface area contributed by atoms with E-state index in [0.717, 1.165) is 4.31 Å². The Morgan fingerprint density at radius 3 is 2.55 bits per heavy atom. The lowest BCUT2D eigenvalue weighted by molar-refractivity contribution is -0.160. The number of benzene rings is 1. The van der Waals surface area contributed by atoms with Crippen molar-refractivity contribution < 1.29 is 32.2 Å². The summed E-state index contributed by atoms with van der Waals surface area (Å²) >= 11 is 0. The number of sulfonamides is 1. The van der Waals surface area contributed by atoms with Crippen molar-refractivity contribution in [1.29, 1.82) is 0 Å². The van der Waals surface area contributed by atoms with Crippen LogP contribution in [0, 0.1) is 11.3 Å². The molecule has 2 heterocycles. The molecule has 1 aromatic carbocycles. The zero-order chi connectivity index (χ0) is 21.2. The number of carbonyl (C=O) groups is 2. The third-order valence-electron chi connectivity index (χ3n) is 4.92. The molecule has 0 N–H and O–H groups in total. The number of hydrogen-bond acceptors (Lipinski definition) is 7. The van der Waals surface area contributed by atoms with E-state index in [1.807, 2.05) is 0 Å². The minimum absolute atomic E-state index is 0.0290. The fourth-order valence-electron chi connectivity index (χ4n) is 3.30. The van der Waals surface area contributed by atoms with E-state index < -0.39 is 45.6 Å². The van der Waals surface area contributed by atoms with Gasteiger partial charge in [-0.1, -0.05) is 38.1 Å². The lowest BCUT2D eigenvalue weighted by Gasteiger charge is -2.37. The topological polar surface area (TPSA) is 99.2 Å². The van der Waals surface area contributed by atoms with Crippen LogP contribution >= 0.6 is 0 Å². The first-order chi connectivity index (χ1) is 13.7. The summed E-state index contributed by atoms with van der Waals surface area (Å²) in [6, 6.07) is 7.91. The van der Waals surface area contributed by atoms with Crippen LogP contribution in [0.2, 0.25) is 0 Å². The van der Waals surface area contributed by atoms with E-state index in [0.29, 0.717) is 0 Å². The molecule has 0 aromatic heterocycles. The molecule has 1 fully saturated rings. The van der Waals surface area contributed by atoms with E-state index in [2.05, 4.69) is 0 Å². The van der Waals surface area contributed by atoms with Crippen LogP contribution in [0.1, 0.15) is 27.2 Å². The van der Waals surface area contributed by atoms with Gasteiger partial charge in [-0.3, -0.25) is 4.79 Å². The maximum Gasteiger partial charge on any atom is 0.336 e. The Balaban J connectivity index is 1.94. The monoisotopic (exact) mass is 423 g/mol. The number of esters is 2. The van der Waals surface area contributed by atoms with Crippen molar-refractivity contribution in [3.05, 3.63) is 42.6 Å². The largest absolute Gasteiger partial charge is 0.466 e. The second-order valence-corrected chi connectivity index (χ2v) is 9.49. The number of carbonyl (C=O) groups excluding carboxylic acids is 2. The van der Waals surface area contributed by atoms with Gasteiger partial charge in [-0.05, 0) is 19.1 Å². The molecule has 0 spiro atoms. The van der Waals surface area contributed by atoms with Crippen molar-refractivity contribution >= 4 is 22.0 Å². The zero-order valence-corrected chi connectivity index (χ0v) is 17.4. The highest BCUT2D eigenvalue weighted by atomic mass is 32.2. The Bertz CT molecular complexity index is 895. The SMILES string of the molecule is CCOC(=O)[C@@H]1C=CN(S(=O)(=O)c2ccccc2)[C@H](O[C@H]2C(=O)OCC2(C)C)C1. The first-order valence-electron chi connectivity index (χ1n) is 9.42. The molecule has 0 radical (unpaired) electrons. The molecule has 1 aromatic rings. The van der Waals surface area contributed by atoms with Gasteiger partial charge < -0.3 is 14.2 Å². The standard InChI is InChI=1S/C20H25NO7S/c1-4-26-18(22)14-10-11-21(29(24,25)15-8-6-5-7-9-15)16(12-14)28-17-19(23)27-13-20(17,2)3/h5-11,14,16-17H,4,12-13H2,1-3H3/t14-,16-,17+/m1/s1. The molecule has 9 heteroatoms. The minimum Gasteiger partial charge on any atom is -0.466 e. The molecule has 3 atom stereocenters. The summed E-state index contributed by atoms with van der Waals surface area (Å²) in [5, 5.41) is 0. The van der Waals surface area contributed by atoms with Crippen molar-refractivity contribution in [3.8, 4) is 0 Å². The quantitative estimate of drug-likeness (QED) is 0.646. The van der Waals surface area contributed by atoms with Crippen LogP contribution in [0.15, 0.2) is 47.5 Å². The second kappa shape index (κ2) is 8.16. The lowest BCUT2D eigenvalue weighted by atomic mass is 9.89. The summed E-state index contributed by atoms with van der Waals surface area (Å²) in [5.74, 6) is -1.70. The highest BCUT2D eigenvalue weighted by Gasteiger charge is 2.48. The summed E-state index contributed by atoms with van der Waals surface area (Å²) in [5.41, 5.74) is -0.625. The molecular formula is C20H25NO7S. The Hall–Kier alpha value is -2.39. The van der Waals surface area contributed by atoms with Crippen molar-refractivity contribution in [2.24, 2.45) is 11.3 Å². The molecule has 0 bridgehead atoms. The number of nitrogens with zero attached hydrogens (tertiary/aromatic N) is 1. The lowest BCUT2D eigenvalue weighted by Crippen LogP contribution is -2.47. The van der Waals surface area contributed by atoms with Crippen LogP contribution in [0.25, 0.3) is 0 Å². The number of cyclic esters (lactones) is 1. The fourth-order valence-corrected chi connectivity index (χ4v) is 4.72. The smallest absolute Gasteiger partial charge is 0.336 e. The second-order valence-electron chi connectivity index (χ2n) is 7.65. The van der Waals surface area contributed by atoms with E-state index >= 15 is 0 Å². The zero-order valence-electron chi connectivity index (χ0n) is 16.6. The Morgan fingerprint density at radius 1 is 1.28 bits per heavy atom. The summed E-state index contributed by atoms with van der Waals surface area (Å²) in [7, 11) is -3.95. The molecule has 0 aliphatic carbocycles. The van der Waals surface area contributed by atoms with E-state index in [1.54, 1.807) is 39.0 Å². The number of hydrogen-bond donors (Lipinski definition) is 0. The first-order valence-corrected chi connectivity index (χ1v) is 10.9. The molecule has 8 nitrogen and oxygen atoms in total. The van der Waals surface area contributed by atoms with Gasteiger partial charge in [0.2, 0.25) is 0 Å². The van der Waals surface area contributed by atoms with Gasteiger partial charge in [0.1, 0.15) is 6.23 Å². The average molecular weight is 423 g/mol. The van der Waals surface area contributed by atoms with Gasteiger partial charge in [0.25, 0.3) is 10.0 Å². The molecule has 3 rings (SSSR count). The van der Waals surface area contributed by atoms with Gasteiger partial charge >= 0.3 is 11.9 Å². The molecule has 2 aliphatic rings. The third-order valence-corrected chi connectivity index (χ3v) is 6.70. The fraction of sp³-hybridized carbons (Fsp3) is 0.500. The number of rotatable bonds is 6. The van der Waals surface area contributed by atoms with Crippen molar-refractivity contribution in [2.45, 2.75) is 44.4 Å². The summed E-state index contributed by atoms with van der Waals surface area (Å²) < 4.78 is 43.5. The summed E-state index contributed by atoms with van der Waals surface area (Å²) in [6.45, 7) is 5.69. The van der Waals surface area contributed by atoms with Crippen molar-refractivity contribution in [3.63, 3.8) is 0 Å². The first kappa shape index (κ1) is 21.3. The molecular weight excluding hydrogens is 398 g/mol. The van der Waals surface area contributed by atoms with Crippen LogP contribution in [0.3, 0.4) is 0 Å². The molecule has 0 amide bonds. The van der Waals surface area contributed by atoms with E-state index in [-0.39, 0.29) is 24.5 Å². The van der Waals surface area contributed by atoms with Gasteiger partial charge in [-0.15, -0.1) is 0 Å². The molecule has 2 aliphatic heterocycles. The Labute approximate surface area is 170 Å². The minimum atomic E-state index is -3.95. The van der Waals surface area contributed by atoms with Crippen LogP contribution in [0.5, 0.6) is 0 Å². The number of ether oxygens (including phenoxy) is 3. The average Bonchev–Trinajstić information content (AvgIpc) is 2.95. The highest BCUT2D eigenvalue weighted by Crippen LogP contribution is 2.36. The molecule has 0 unspecified atom stereocenters. The van der Waals surface area contributed by atoms with E-state index in [4.69, 9.17) is 14.2 Å². The molecule has 158 valence electrons. The molecule has 0 saturated carbocycles. The van der Waals surface area contributed by atoms with Crippen LogP contribution in [-0.2, 0) is 33.8 Å². The van der Waals surface area contributed by atoms with Crippen LogP contribution in [0.4, 0.5) is 0 Å². The van der Waals surface area contributed by atoms with E-state index in [1.165, 1.54) is 24.4 Å². The summed E-state index contributed by atoms with van der Waals surface area (Å²) in [6.07, 6.45) is 0.813. The Morgan fingerprint density at radius 2 is 1.97 bits per heavy atom. The summed E-state index contributed by atoms with van der Waals surface area (Å²) in [4.78, 5) is 24.5. The highest BCUT2D eigenvalue weighted by molar-refractivity contribution is 7.89. The van der Waals surface area contributed by atoms with Crippen LogP contribution in [-0.4, -0.2) is 50.2 Å². The van der Waals surface area contributed by atoms with Crippen LogP contribution < -0.4 is 0 Å². The predicted octanol–water partition coefficient (Wildman–Crippen LogP) is 2.07. The van der Waals surface area contributed by atoms with Gasteiger partial charge in [-0.25, -0.2) is 17.5 Å². The van der Waals surface area contributed by atoms with Crippen molar-refractivity contribution in [2.75, 3.05) is 13.2 Å². The molecule has 29 heavy (non-hydrogen) atoms. The van der Waals surface area contributed by atoms with E-state index in [9.17, 15) is 18.0 Å².